The van der Waals surface area contributed by atoms with Crippen LogP contribution in [0.2, 0.25) is 0 Å². The van der Waals surface area contributed by atoms with Crippen molar-refractivity contribution in [3.05, 3.63) is 35.4 Å². The molecule has 0 aromatic heterocycles. The largest absolute Gasteiger partial charge is 0.480 e. The molecule has 1 aromatic rings. The fraction of sp³-hybridized carbons (Fsp3) is 0.429. The summed E-state index contributed by atoms with van der Waals surface area (Å²) >= 11 is 0. The van der Waals surface area contributed by atoms with Crippen LogP contribution in [0.5, 0.6) is 0 Å². The summed E-state index contributed by atoms with van der Waals surface area (Å²) in [7, 11) is 0. The Balaban J connectivity index is 2.09. The summed E-state index contributed by atoms with van der Waals surface area (Å²) in [6.07, 6.45) is -0.487. The van der Waals surface area contributed by atoms with Crippen LogP contribution in [-0.4, -0.2) is 41.1 Å². The highest BCUT2D eigenvalue weighted by Gasteiger charge is 2.39. The zero-order valence-electron chi connectivity index (χ0n) is 10.7. The van der Waals surface area contributed by atoms with Gasteiger partial charge in [-0.05, 0) is 25.5 Å². The molecule has 0 heterocycles. The minimum absolute atomic E-state index is 0.167. The predicted molar refractivity (Wildman–Crippen MR) is 67.7 cm³/mol. The molecule has 2 unspecified atom stereocenters. The summed E-state index contributed by atoms with van der Waals surface area (Å²) in [5.41, 5.74) is 1.45. The van der Waals surface area contributed by atoms with Gasteiger partial charge in [0.2, 0.25) is 0 Å². The predicted octanol–water partition coefficient (Wildman–Crippen LogP) is 1.88. The minimum atomic E-state index is -1.09. The lowest BCUT2D eigenvalue weighted by molar-refractivity contribution is -0.137. The van der Waals surface area contributed by atoms with Crippen molar-refractivity contribution in [3.63, 3.8) is 0 Å². The molecule has 1 saturated carbocycles. The standard InChI is InChI=1S/C14H16FNO3/c1-9-2-4-10(5-3-9)14(19)16(8-13(17)18)7-11-6-12(11)15/h2-5,11-12H,6-8H2,1H3,(H,17,18). The number of nitrogens with zero attached hydrogens (tertiary/aromatic N) is 1. The summed E-state index contributed by atoms with van der Waals surface area (Å²) in [5.74, 6) is -1.66. The number of aryl methyl sites for hydroxylation is 1. The Morgan fingerprint density at radius 2 is 1.95 bits per heavy atom. The van der Waals surface area contributed by atoms with Gasteiger partial charge in [0.05, 0.1) is 0 Å². The Kier molecular flexibility index (Phi) is 3.83. The van der Waals surface area contributed by atoms with Crippen molar-refractivity contribution in [2.45, 2.75) is 19.5 Å². The van der Waals surface area contributed by atoms with Crippen LogP contribution in [0.4, 0.5) is 4.39 Å². The molecule has 2 rings (SSSR count). The second-order valence-corrected chi connectivity index (χ2v) is 4.96. The summed E-state index contributed by atoms with van der Waals surface area (Å²) in [4.78, 5) is 24.2. The van der Waals surface area contributed by atoms with E-state index in [0.717, 1.165) is 5.56 Å². The molecule has 4 nitrogen and oxygen atoms in total. The van der Waals surface area contributed by atoms with Gasteiger partial charge in [-0.3, -0.25) is 9.59 Å². The molecule has 5 heteroatoms. The molecule has 0 spiro atoms. The Morgan fingerprint density at radius 1 is 1.37 bits per heavy atom. The molecule has 0 aliphatic heterocycles. The lowest BCUT2D eigenvalue weighted by Crippen LogP contribution is -2.37. The third-order valence-corrected chi connectivity index (χ3v) is 3.20. The van der Waals surface area contributed by atoms with Crippen LogP contribution >= 0.6 is 0 Å². The number of carboxylic acids is 1. The van der Waals surface area contributed by atoms with Crippen molar-refractivity contribution in [2.75, 3.05) is 13.1 Å². The Bertz CT molecular complexity index is 486. The van der Waals surface area contributed by atoms with Crippen LogP contribution in [0.25, 0.3) is 0 Å². The molecule has 1 N–H and O–H groups in total. The van der Waals surface area contributed by atoms with Gasteiger partial charge in [-0.15, -0.1) is 0 Å². The van der Waals surface area contributed by atoms with Gasteiger partial charge in [0.15, 0.2) is 0 Å². The highest BCUT2D eigenvalue weighted by molar-refractivity contribution is 5.95. The van der Waals surface area contributed by atoms with Crippen LogP contribution in [0.3, 0.4) is 0 Å². The maximum absolute atomic E-state index is 12.9. The zero-order valence-corrected chi connectivity index (χ0v) is 10.7. The topological polar surface area (TPSA) is 57.6 Å². The van der Waals surface area contributed by atoms with Gasteiger partial charge in [0.1, 0.15) is 12.7 Å². The summed E-state index contributed by atoms with van der Waals surface area (Å²) in [6, 6.07) is 6.90. The maximum Gasteiger partial charge on any atom is 0.323 e. The molecular weight excluding hydrogens is 249 g/mol. The fourth-order valence-corrected chi connectivity index (χ4v) is 1.94. The molecule has 1 aliphatic carbocycles. The van der Waals surface area contributed by atoms with Crippen molar-refractivity contribution in [3.8, 4) is 0 Å². The lowest BCUT2D eigenvalue weighted by atomic mass is 10.1. The first kappa shape index (κ1) is 13.5. The number of benzene rings is 1. The van der Waals surface area contributed by atoms with Gasteiger partial charge >= 0.3 is 5.97 Å². The number of carboxylic acid groups (broad SMARTS) is 1. The van der Waals surface area contributed by atoms with Crippen LogP contribution in [-0.2, 0) is 4.79 Å². The average Bonchev–Trinajstić information content (AvgIpc) is 3.03. The normalized spacial score (nSPS) is 20.9. The van der Waals surface area contributed by atoms with Gasteiger partial charge in [-0.2, -0.15) is 0 Å². The molecule has 0 radical (unpaired) electrons. The zero-order chi connectivity index (χ0) is 14.0. The van der Waals surface area contributed by atoms with E-state index in [1.807, 2.05) is 6.92 Å². The Hall–Kier alpha value is -1.91. The number of hydrogen-bond acceptors (Lipinski definition) is 2. The number of hydrogen-bond donors (Lipinski definition) is 1. The number of aliphatic carboxylic acids is 1. The monoisotopic (exact) mass is 265 g/mol. The molecule has 0 saturated heterocycles. The quantitative estimate of drug-likeness (QED) is 0.884. The van der Waals surface area contributed by atoms with E-state index in [1.165, 1.54) is 4.90 Å². The van der Waals surface area contributed by atoms with Crippen molar-refractivity contribution in [1.29, 1.82) is 0 Å². The van der Waals surface area contributed by atoms with Crippen molar-refractivity contribution >= 4 is 11.9 Å². The van der Waals surface area contributed by atoms with Gasteiger partial charge < -0.3 is 10.0 Å². The second-order valence-electron chi connectivity index (χ2n) is 4.96. The SMILES string of the molecule is Cc1ccc(C(=O)N(CC(=O)O)CC2CC2F)cc1. The number of rotatable bonds is 5. The van der Waals surface area contributed by atoms with Crippen LogP contribution in [0, 0.1) is 12.8 Å². The number of halogens is 1. The smallest absolute Gasteiger partial charge is 0.323 e. The summed E-state index contributed by atoms with van der Waals surface area (Å²) < 4.78 is 12.9. The van der Waals surface area contributed by atoms with Gasteiger partial charge in [-0.1, -0.05) is 17.7 Å². The lowest BCUT2D eigenvalue weighted by Gasteiger charge is -2.20. The molecule has 19 heavy (non-hydrogen) atoms. The molecule has 1 amide bonds. The third-order valence-electron chi connectivity index (χ3n) is 3.20. The maximum atomic E-state index is 12.9. The van der Waals surface area contributed by atoms with E-state index in [2.05, 4.69) is 0 Å². The molecule has 1 fully saturated rings. The fourth-order valence-electron chi connectivity index (χ4n) is 1.94. The van der Waals surface area contributed by atoms with E-state index in [0.29, 0.717) is 12.0 Å². The first-order valence-electron chi connectivity index (χ1n) is 6.19. The van der Waals surface area contributed by atoms with Crippen LogP contribution in [0.1, 0.15) is 22.3 Å². The molecule has 1 aliphatic rings. The van der Waals surface area contributed by atoms with Crippen LogP contribution < -0.4 is 0 Å². The number of carbonyl (C=O) groups is 2. The molecule has 1 aromatic carbocycles. The third kappa shape index (κ3) is 3.53. The molecule has 102 valence electrons. The van der Waals surface area contributed by atoms with Crippen molar-refractivity contribution in [2.24, 2.45) is 5.92 Å². The highest BCUT2D eigenvalue weighted by Crippen LogP contribution is 2.34. The van der Waals surface area contributed by atoms with E-state index in [1.54, 1.807) is 24.3 Å². The number of alkyl halides is 1. The van der Waals surface area contributed by atoms with Crippen LogP contribution in [0.15, 0.2) is 24.3 Å². The molecule has 2 atom stereocenters. The van der Waals surface area contributed by atoms with Crippen molar-refractivity contribution in [1.82, 2.24) is 4.90 Å². The first-order valence-corrected chi connectivity index (χ1v) is 6.19. The van der Waals surface area contributed by atoms with E-state index in [-0.39, 0.29) is 18.4 Å². The van der Waals surface area contributed by atoms with Gasteiger partial charge in [0.25, 0.3) is 5.91 Å². The Morgan fingerprint density at radius 3 is 2.42 bits per heavy atom. The minimum Gasteiger partial charge on any atom is -0.480 e. The highest BCUT2D eigenvalue weighted by atomic mass is 19.1. The van der Waals surface area contributed by atoms with E-state index in [4.69, 9.17) is 5.11 Å². The number of carbonyl (C=O) groups excluding carboxylic acids is 1. The second kappa shape index (κ2) is 5.38. The van der Waals surface area contributed by atoms with E-state index >= 15 is 0 Å². The van der Waals surface area contributed by atoms with E-state index in [9.17, 15) is 14.0 Å². The molecule has 0 bridgehead atoms. The first-order chi connectivity index (χ1) is 8.97. The molecular formula is C14H16FNO3. The Labute approximate surface area is 110 Å². The van der Waals surface area contributed by atoms with Crippen molar-refractivity contribution < 1.29 is 19.1 Å². The summed E-state index contributed by atoms with van der Waals surface area (Å²) in [6.45, 7) is 1.68. The van der Waals surface area contributed by atoms with E-state index < -0.39 is 18.7 Å². The average molecular weight is 265 g/mol. The van der Waals surface area contributed by atoms with Gasteiger partial charge in [0, 0.05) is 18.0 Å². The summed E-state index contributed by atoms with van der Waals surface area (Å²) in [5, 5.41) is 8.84. The van der Waals surface area contributed by atoms with Gasteiger partial charge in [-0.25, -0.2) is 4.39 Å². The number of amides is 1.